The standard InChI is InChI=1S/C19H16O2/c1-13(19(20)21)10-11-18-16-8-4-2-6-14(16)12-15-7-3-5-9-17(15)18/h2-10,12H,11H2,1H3,(H,20,21). The molecule has 0 aliphatic rings. The zero-order valence-corrected chi connectivity index (χ0v) is 11.8. The zero-order valence-electron chi connectivity index (χ0n) is 11.8. The van der Waals surface area contributed by atoms with Crippen molar-refractivity contribution in [2.45, 2.75) is 13.3 Å². The number of hydrogen-bond donors (Lipinski definition) is 1. The van der Waals surface area contributed by atoms with Gasteiger partial charge in [-0.1, -0.05) is 54.6 Å². The van der Waals surface area contributed by atoms with Crippen molar-refractivity contribution in [3.63, 3.8) is 0 Å². The van der Waals surface area contributed by atoms with Crippen molar-refractivity contribution >= 4 is 27.5 Å². The molecule has 0 saturated heterocycles. The van der Waals surface area contributed by atoms with Crippen LogP contribution in [-0.4, -0.2) is 11.1 Å². The number of benzene rings is 3. The maximum Gasteiger partial charge on any atom is 0.330 e. The van der Waals surface area contributed by atoms with Gasteiger partial charge in [-0.05, 0) is 46.5 Å². The summed E-state index contributed by atoms with van der Waals surface area (Å²) in [6, 6.07) is 18.7. The largest absolute Gasteiger partial charge is 0.478 e. The van der Waals surface area contributed by atoms with Gasteiger partial charge in [-0.3, -0.25) is 0 Å². The van der Waals surface area contributed by atoms with Crippen LogP contribution < -0.4 is 0 Å². The molecule has 1 N–H and O–H groups in total. The predicted molar refractivity (Wildman–Crippen MR) is 86.6 cm³/mol. The second-order valence-corrected chi connectivity index (χ2v) is 5.19. The molecule has 0 atom stereocenters. The van der Waals surface area contributed by atoms with Crippen molar-refractivity contribution in [3.8, 4) is 0 Å². The van der Waals surface area contributed by atoms with Crippen LogP contribution in [0.3, 0.4) is 0 Å². The third-order valence-electron chi connectivity index (χ3n) is 3.83. The van der Waals surface area contributed by atoms with Gasteiger partial charge in [0.15, 0.2) is 0 Å². The van der Waals surface area contributed by atoms with Gasteiger partial charge in [0.2, 0.25) is 0 Å². The molecular formula is C19H16O2. The summed E-state index contributed by atoms with van der Waals surface area (Å²) >= 11 is 0. The molecule has 21 heavy (non-hydrogen) atoms. The molecule has 3 aromatic rings. The maximum atomic E-state index is 11.0. The first-order valence-corrected chi connectivity index (χ1v) is 6.96. The van der Waals surface area contributed by atoms with Crippen LogP contribution in [0.1, 0.15) is 12.5 Å². The fourth-order valence-electron chi connectivity index (χ4n) is 2.67. The van der Waals surface area contributed by atoms with Gasteiger partial charge in [0.05, 0.1) is 0 Å². The third kappa shape index (κ3) is 2.52. The lowest BCUT2D eigenvalue weighted by Crippen LogP contribution is -1.97. The van der Waals surface area contributed by atoms with E-state index in [-0.39, 0.29) is 0 Å². The molecule has 0 amide bonds. The van der Waals surface area contributed by atoms with E-state index in [0.29, 0.717) is 12.0 Å². The first kappa shape index (κ1) is 13.4. The first-order valence-electron chi connectivity index (χ1n) is 6.96. The minimum absolute atomic E-state index is 0.381. The molecule has 2 heteroatoms. The van der Waals surface area contributed by atoms with E-state index in [1.54, 1.807) is 13.0 Å². The lowest BCUT2D eigenvalue weighted by molar-refractivity contribution is -0.132. The van der Waals surface area contributed by atoms with Gasteiger partial charge in [-0.2, -0.15) is 0 Å². The van der Waals surface area contributed by atoms with E-state index in [2.05, 4.69) is 30.3 Å². The monoisotopic (exact) mass is 276 g/mol. The van der Waals surface area contributed by atoms with Crippen molar-refractivity contribution in [2.24, 2.45) is 0 Å². The topological polar surface area (TPSA) is 37.3 Å². The van der Waals surface area contributed by atoms with Crippen LogP contribution in [-0.2, 0) is 11.2 Å². The van der Waals surface area contributed by atoms with Crippen LogP contribution in [0.25, 0.3) is 21.5 Å². The Morgan fingerprint density at radius 2 is 1.52 bits per heavy atom. The minimum atomic E-state index is -0.862. The Labute approximate surface area is 123 Å². The number of fused-ring (bicyclic) bond motifs is 2. The van der Waals surface area contributed by atoms with E-state index in [1.165, 1.54) is 27.1 Å². The zero-order chi connectivity index (χ0) is 14.8. The number of carbonyl (C=O) groups is 1. The summed E-state index contributed by atoms with van der Waals surface area (Å²) in [5.41, 5.74) is 1.57. The summed E-state index contributed by atoms with van der Waals surface area (Å²) in [5, 5.41) is 13.8. The van der Waals surface area contributed by atoms with E-state index in [4.69, 9.17) is 5.11 Å². The number of rotatable bonds is 3. The SMILES string of the molecule is CC(=CCc1c2ccccc2cc2ccccc12)C(=O)O. The summed E-state index contributed by atoms with van der Waals surface area (Å²) in [6.45, 7) is 1.63. The molecule has 104 valence electrons. The summed E-state index contributed by atoms with van der Waals surface area (Å²) < 4.78 is 0. The van der Waals surface area contributed by atoms with Crippen molar-refractivity contribution in [1.29, 1.82) is 0 Å². The molecular weight excluding hydrogens is 260 g/mol. The quantitative estimate of drug-likeness (QED) is 0.562. The Bertz CT molecular complexity index is 806. The fraction of sp³-hybridized carbons (Fsp3) is 0.105. The maximum absolute atomic E-state index is 11.0. The van der Waals surface area contributed by atoms with Gasteiger partial charge in [0, 0.05) is 5.57 Å². The highest BCUT2D eigenvalue weighted by atomic mass is 16.4. The van der Waals surface area contributed by atoms with Crippen molar-refractivity contribution in [2.75, 3.05) is 0 Å². The van der Waals surface area contributed by atoms with Crippen LogP contribution in [0.4, 0.5) is 0 Å². The van der Waals surface area contributed by atoms with Crippen LogP contribution in [0.5, 0.6) is 0 Å². The molecule has 0 saturated carbocycles. The Balaban J connectivity index is 2.25. The van der Waals surface area contributed by atoms with Gasteiger partial charge in [-0.15, -0.1) is 0 Å². The van der Waals surface area contributed by atoms with Crippen molar-refractivity contribution in [1.82, 2.24) is 0 Å². The highest BCUT2D eigenvalue weighted by Gasteiger charge is 2.07. The molecule has 0 unspecified atom stereocenters. The van der Waals surface area contributed by atoms with Crippen LogP contribution >= 0.6 is 0 Å². The summed E-state index contributed by atoms with van der Waals surface area (Å²) in [6.07, 6.45) is 2.41. The molecule has 3 rings (SSSR count). The van der Waals surface area contributed by atoms with Crippen molar-refractivity contribution in [3.05, 3.63) is 71.8 Å². The van der Waals surface area contributed by atoms with Crippen molar-refractivity contribution < 1.29 is 9.90 Å². The van der Waals surface area contributed by atoms with Crippen LogP contribution in [0.2, 0.25) is 0 Å². The third-order valence-corrected chi connectivity index (χ3v) is 3.83. The number of allylic oxidation sites excluding steroid dienone is 1. The van der Waals surface area contributed by atoms with Gasteiger partial charge < -0.3 is 5.11 Å². The number of hydrogen-bond acceptors (Lipinski definition) is 1. The molecule has 0 fully saturated rings. The summed E-state index contributed by atoms with van der Waals surface area (Å²) in [7, 11) is 0. The van der Waals surface area contributed by atoms with Crippen LogP contribution in [0, 0.1) is 0 Å². The van der Waals surface area contributed by atoms with E-state index < -0.39 is 5.97 Å². The van der Waals surface area contributed by atoms with E-state index >= 15 is 0 Å². The van der Waals surface area contributed by atoms with Gasteiger partial charge in [0.25, 0.3) is 0 Å². The molecule has 2 nitrogen and oxygen atoms in total. The Kier molecular flexibility index (Phi) is 3.44. The normalized spacial score (nSPS) is 12.0. The van der Waals surface area contributed by atoms with E-state index in [0.717, 1.165) is 0 Å². The lowest BCUT2D eigenvalue weighted by Gasteiger charge is -2.10. The van der Waals surface area contributed by atoms with Gasteiger partial charge >= 0.3 is 5.97 Å². The fourth-order valence-corrected chi connectivity index (χ4v) is 2.67. The van der Waals surface area contributed by atoms with E-state index in [9.17, 15) is 4.79 Å². The highest BCUT2D eigenvalue weighted by Crippen LogP contribution is 2.29. The van der Waals surface area contributed by atoms with Gasteiger partial charge in [-0.25, -0.2) is 4.79 Å². The summed E-state index contributed by atoms with van der Waals surface area (Å²) in [4.78, 5) is 11.0. The van der Waals surface area contributed by atoms with E-state index in [1.807, 2.05) is 24.3 Å². The lowest BCUT2D eigenvalue weighted by atomic mass is 9.94. The first-order chi connectivity index (χ1) is 10.2. The predicted octanol–water partition coefficient (Wildman–Crippen LogP) is 4.57. The molecule has 3 aromatic carbocycles. The number of carboxylic acids is 1. The summed E-state index contributed by atoms with van der Waals surface area (Å²) in [5.74, 6) is -0.862. The second kappa shape index (κ2) is 5.41. The molecule has 0 spiro atoms. The molecule has 0 radical (unpaired) electrons. The smallest absolute Gasteiger partial charge is 0.330 e. The number of carboxylic acid groups (broad SMARTS) is 1. The Morgan fingerprint density at radius 3 is 2.05 bits per heavy atom. The Hall–Kier alpha value is -2.61. The number of aliphatic carboxylic acids is 1. The Morgan fingerprint density at radius 1 is 1.00 bits per heavy atom. The van der Waals surface area contributed by atoms with Crippen LogP contribution in [0.15, 0.2) is 66.2 Å². The second-order valence-electron chi connectivity index (χ2n) is 5.19. The average molecular weight is 276 g/mol. The minimum Gasteiger partial charge on any atom is -0.478 e. The molecule has 0 aliphatic heterocycles. The molecule has 0 bridgehead atoms. The highest BCUT2D eigenvalue weighted by molar-refractivity contribution is 6.02. The average Bonchev–Trinajstić information content (AvgIpc) is 2.51. The molecule has 0 aromatic heterocycles. The van der Waals surface area contributed by atoms with Gasteiger partial charge in [0.1, 0.15) is 0 Å². The molecule has 0 aliphatic carbocycles. The molecule has 0 heterocycles.